The number of ketones is 2. The number of hydrogen-bond acceptors (Lipinski definition) is 4. The molecule has 0 heterocycles. The Kier molecular flexibility index (Phi) is 2.05. The van der Waals surface area contributed by atoms with Crippen LogP contribution in [0.1, 0.15) is 19.3 Å². The molecule has 0 aromatic heterocycles. The summed E-state index contributed by atoms with van der Waals surface area (Å²) >= 11 is 0. The number of carbonyl (C=O) groups excluding carboxylic acids is 2. The van der Waals surface area contributed by atoms with Crippen LogP contribution < -0.4 is 5.73 Å². The predicted octanol–water partition coefficient (Wildman–Crippen LogP) is -0.242. The molecule has 14 heavy (non-hydrogen) atoms. The largest absolute Gasteiger partial charge is 0.369 e. The van der Waals surface area contributed by atoms with E-state index in [4.69, 9.17) is 5.73 Å². The lowest BCUT2D eigenvalue weighted by Gasteiger charge is -2.36. The van der Waals surface area contributed by atoms with Gasteiger partial charge < -0.3 is 5.11 Å². The summed E-state index contributed by atoms with van der Waals surface area (Å²) in [6, 6.07) is 0. The molecular weight excluding hydrogens is 182 g/mol. The van der Waals surface area contributed by atoms with Gasteiger partial charge in [0.05, 0.1) is 6.42 Å². The highest BCUT2D eigenvalue weighted by Gasteiger charge is 2.48. The van der Waals surface area contributed by atoms with Crippen molar-refractivity contribution in [1.29, 1.82) is 0 Å². The van der Waals surface area contributed by atoms with Crippen molar-refractivity contribution in [3.05, 3.63) is 12.2 Å². The normalized spacial score (nSPS) is 42.4. The number of hydrogen-bond donors (Lipinski definition) is 2. The minimum atomic E-state index is -1.94. The van der Waals surface area contributed by atoms with E-state index in [1.165, 1.54) is 0 Å². The molecule has 0 spiro atoms. The number of aliphatic hydroxyl groups is 1. The van der Waals surface area contributed by atoms with Crippen molar-refractivity contribution >= 4 is 11.6 Å². The number of carbonyl (C=O) groups is 2. The first-order valence-electron chi connectivity index (χ1n) is 4.77. The Balaban J connectivity index is 2.34. The van der Waals surface area contributed by atoms with Crippen LogP contribution in [0.5, 0.6) is 0 Å². The zero-order chi connectivity index (χ0) is 10.3. The fourth-order valence-electron chi connectivity index (χ4n) is 2.24. The van der Waals surface area contributed by atoms with Gasteiger partial charge in [0.25, 0.3) is 0 Å². The molecule has 0 saturated heterocycles. The first-order chi connectivity index (χ1) is 6.52. The molecule has 3 N–H and O–H groups in total. The molecule has 0 aromatic carbocycles. The maximum absolute atomic E-state index is 11.6. The van der Waals surface area contributed by atoms with E-state index in [1.807, 2.05) is 6.08 Å². The Hall–Kier alpha value is -1.00. The van der Waals surface area contributed by atoms with Gasteiger partial charge in [0.2, 0.25) is 0 Å². The van der Waals surface area contributed by atoms with Crippen LogP contribution in [-0.4, -0.2) is 22.4 Å². The van der Waals surface area contributed by atoms with Gasteiger partial charge in [-0.1, -0.05) is 12.2 Å². The number of nitrogens with two attached hydrogens (primary N) is 1. The minimum Gasteiger partial charge on any atom is -0.369 e. The van der Waals surface area contributed by atoms with Crippen molar-refractivity contribution in [2.24, 2.45) is 17.6 Å². The van der Waals surface area contributed by atoms with Crippen molar-refractivity contribution in [2.45, 2.75) is 25.0 Å². The second-order valence-electron chi connectivity index (χ2n) is 4.07. The van der Waals surface area contributed by atoms with Crippen LogP contribution in [0, 0.1) is 11.8 Å². The minimum absolute atomic E-state index is 0.0936. The third-order valence-corrected chi connectivity index (χ3v) is 3.01. The van der Waals surface area contributed by atoms with Crippen molar-refractivity contribution in [2.75, 3.05) is 0 Å². The smallest absolute Gasteiger partial charge is 0.187 e. The summed E-state index contributed by atoms with van der Waals surface area (Å²) in [5, 5.41) is 9.53. The van der Waals surface area contributed by atoms with Gasteiger partial charge in [-0.05, 0) is 12.8 Å². The Bertz CT molecular complexity index is 319. The van der Waals surface area contributed by atoms with Crippen molar-refractivity contribution in [3.8, 4) is 0 Å². The lowest BCUT2D eigenvalue weighted by Crippen LogP contribution is -2.58. The molecule has 4 nitrogen and oxygen atoms in total. The monoisotopic (exact) mass is 195 g/mol. The van der Waals surface area contributed by atoms with E-state index >= 15 is 0 Å². The maximum Gasteiger partial charge on any atom is 0.187 e. The highest BCUT2D eigenvalue weighted by molar-refractivity contribution is 6.02. The zero-order valence-electron chi connectivity index (χ0n) is 7.77. The second kappa shape index (κ2) is 3.00. The Labute approximate surface area is 81.8 Å². The van der Waals surface area contributed by atoms with Crippen LogP contribution in [0.15, 0.2) is 12.2 Å². The molecule has 2 aliphatic carbocycles. The second-order valence-corrected chi connectivity index (χ2v) is 4.07. The van der Waals surface area contributed by atoms with Crippen molar-refractivity contribution in [3.63, 3.8) is 0 Å². The highest BCUT2D eigenvalue weighted by atomic mass is 16.3. The first-order valence-corrected chi connectivity index (χ1v) is 4.77. The topological polar surface area (TPSA) is 80.4 Å². The molecule has 0 aliphatic heterocycles. The van der Waals surface area contributed by atoms with Gasteiger partial charge in [0.15, 0.2) is 11.5 Å². The Morgan fingerprint density at radius 1 is 1.50 bits per heavy atom. The number of rotatable bonds is 0. The van der Waals surface area contributed by atoms with Crippen molar-refractivity contribution in [1.82, 2.24) is 0 Å². The molecule has 1 fully saturated rings. The van der Waals surface area contributed by atoms with Crippen molar-refractivity contribution < 1.29 is 14.7 Å². The Morgan fingerprint density at radius 2 is 2.21 bits per heavy atom. The van der Waals surface area contributed by atoms with Crippen LogP contribution in [0.3, 0.4) is 0 Å². The zero-order valence-corrected chi connectivity index (χ0v) is 7.77. The molecule has 0 aromatic rings. The summed E-state index contributed by atoms with van der Waals surface area (Å²) in [6.07, 6.45) is 4.85. The molecule has 3 atom stereocenters. The van der Waals surface area contributed by atoms with Gasteiger partial charge in [-0.2, -0.15) is 0 Å². The van der Waals surface area contributed by atoms with E-state index in [9.17, 15) is 14.7 Å². The summed E-state index contributed by atoms with van der Waals surface area (Å²) in [4.78, 5) is 23.2. The predicted molar refractivity (Wildman–Crippen MR) is 49.1 cm³/mol. The summed E-state index contributed by atoms with van der Waals surface area (Å²) in [7, 11) is 0. The van der Waals surface area contributed by atoms with Gasteiger partial charge >= 0.3 is 0 Å². The summed E-state index contributed by atoms with van der Waals surface area (Å²) in [5.41, 5.74) is 3.43. The van der Waals surface area contributed by atoms with E-state index in [1.54, 1.807) is 6.08 Å². The average molecular weight is 195 g/mol. The lowest BCUT2D eigenvalue weighted by molar-refractivity contribution is -0.155. The fourth-order valence-corrected chi connectivity index (χ4v) is 2.24. The number of allylic oxidation sites excluding steroid dienone is 2. The SMILES string of the molecule is NC1(O)CC(=O)C2CCC=CC2C1=O. The lowest BCUT2D eigenvalue weighted by atomic mass is 9.69. The highest BCUT2D eigenvalue weighted by Crippen LogP contribution is 2.35. The quantitative estimate of drug-likeness (QED) is 0.413. The van der Waals surface area contributed by atoms with E-state index in [2.05, 4.69) is 0 Å². The molecule has 4 heteroatoms. The van der Waals surface area contributed by atoms with Gasteiger partial charge in [0.1, 0.15) is 5.78 Å². The van der Waals surface area contributed by atoms with E-state index < -0.39 is 17.4 Å². The molecule has 0 radical (unpaired) electrons. The van der Waals surface area contributed by atoms with E-state index in [0.29, 0.717) is 6.42 Å². The number of fused-ring (bicyclic) bond motifs is 1. The van der Waals surface area contributed by atoms with Gasteiger partial charge in [-0.25, -0.2) is 0 Å². The molecule has 76 valence electrons. The summed E-state index contributed by atoms with van der Waals surface area (Å²) < 4.78 is 0. The van der Waals surface area contributed by atoms with Gasteiger partial charge in [-0.3, -0.25) is 15.3 Å². The van der Waals surface area contributed by atoms with Crippen LogP contribution in [0.25, 0.3) is 0 Å². The van der Waals surface area contributed by atoms with Crippen LogP contribution in [0.2, 0.25) is 0 Å². The molecule has 2 aliphatic rings. The van der Waals surface area contributed by atoms with Gasteiger partial charge in [0, 0.05) is 11.8 Å². The molecular formula is C10H13NO3. The van der Waals surface area contributed by atoms with Gasteiger partial charge in [-0.15, -0.1) is 0 Å². The van der Waals surface area contributed by atoms with E-state index in [-0.39, 0.29) is 18.1 Å². The first kappa shape index (κ1) is 9.55. The molecule has 0 bridgehead atoms. The summed E-state index contributed by atoms with van der Waals surface area (Å²) in [6.45, 7) is 0. The molecule has 2 rings (SSSR count). The molecule has 3 unspecified atom stereocenters. The van der Waals surface area contributed by atoms with Crippen LogP contribution in [-0.2, 0) is 9.59 Å². The van der Waals surface area contributed by atoms with Crippen LogP contribution in [0.4, 0.5) is 0 Å². The number of Topliss-reactive ketones (excluding diaryl/α,β-unsaturated/α-hetero) is 2. The summed E-state index contributed by atoms with van der Waals surface area (Å²) in [5.74, 6) is -1.27. The molecule has 1 saturated carbocycles. The Morgan fingerprint density at radius 3 is 2.93 bits per heavy atom. The van der Waals surface area contributed by atoms with Crippen LogP contribution >= 0.6 is 0 Å². The fraction of sp³-hybridized carbons (Fsp3) is 0.600. The third kappa shape index (κ3) is 1.31. The third-order valence-electron chi connectivity index (χ3n) is 3.01. The maximum atomic E-state index is 11.6. The molecule has 0 amide bonds. The average Bonchev–Trinajstić information content (AvgIpc) is 2.14. The standard InChI is InChI=1S/C10H13NO3/c11-10(14)5-8(12)6-3-1-2-4-7(6)9(10)13/h2,4,6-7,14H,1,3,5,11H2. The van der Waals surface area contributed by atoms with E-state index in [0.717, 1.165) is 6.42 Å².